The van der Waals surface area contributed by atoms with Crippen LogP contribution < -0.4 is 16.0 Å². The maximum Gasteiger partial charge on any atom is 0.275 e. The van der Waals surface area contributed by atoms with Crippen molar-refractivity contribution in [3.8, 4) is 5.88 Å². The van der Waals surface area contributed by atoms with Gasteiger partial charge in [0.25, 0.3) is 5.91 Å². The van der Waals surface area contributed by atoms with Gasteiger partial charge in [0, 0.05) is 6.20 Å². The number of aliphatic hydroxyl groups excluding tert-OH is 2. The lowest BCUT2D eigenvalue weighted by Gasteiger charge is -2.14. The van der Waals surface area contributed by atoms with E-state index in [0.717, 1.165) is 17.1 Å². The second kappa shape index (κ2) is 9.47. The Morgan fingerprint density at radius 3 is 2.74 bits per heavy atom. The van der Waals surface area contributed by atoms with Crippen molar-refractivity contribution >= 4 is 39.8 Å². The number of aromatic nitrogens is 3. The van der Waals surface area contributed by atoms with Crippen LogP contribution >= 0.6 is 11.5 Å². The van der Waals surface area contributed by atoms with Crippen LogP contribution in [0.25, 0.3) is 0 Å². The molecule has 11 nitrogen and oxygen atoms in total. The predicted molar refractivity (Wildman–Crippen MR) is 116 cm³/mol. The summed E-state index contributed by atoms with van der Waals surface area (Å²) in [5.41, 5.74) is 2.18. The lowest BCUT2D eigenvalue weighted by molar-refractivity contribution is 0.0840. The number of anilines is 3. The van der Waals surface area contributed by atoms with E-state index < -0.39 is 24.6 Å². The van der Waals surface area contributed by atoms with E-state index in [1.165, 1.54) is 6.20 Å². The molecule has 162 valence electrons. The van der Waals surface area contributed by atoms with Gasteiger partial charge in [-0.1, -0.05) is 6.07 Å². The van der Waals surface area contributed by atoms with Crippen LogP contribution in [-0.4, -0.2) is 54.2 Å². The highest BCUT2D eigenvalue weighted by molar-refractivity contribution is 7.11. The van der Waals surface area contributed by atoms with Gasteiger partial charge in [0.1, 0.15) is 34.1 Å². The number of amidine groups is 1. The average Bonchev–Trinajstić information content (AvgIpc) is 3.09. The Morgan fingerprint density at radius 2 is 2.06 bits per heavy atom. The van der Waals surface area contributed by atoms with Gasteiger partial charge in [-0.25, -0.2) is 9.97 Å². The number of aliphatic hydroxyl groups is 2. The first kappa shape index (κ1) is 22.1. The van der Waals surface area contributed by atoms with Crippen molar-refractivity contribution in [2.24, 2.45) is 0 Å². The fourth-order valence-corrected chi connectivity index (χ4v) is 3.39. The number of pyridine rings is 2. The van der Waals surface area contributed by atoms with E-state index in [4.69, 9.17) is 10.5 Å². The van der Waals surface area contributed by atoms with Crippen molar-refractivity contribution < 1.29 is 20.1 Å². The maximum absolute atomic E-state index is 12.6. The number of hydrogen-bond donors (Lipinski definition) is 7. The molecule has 1 atom stereocenters. The first-order valence-corrected chi connectivity index (χ1v) is 9.87. The molecule has 12 heteroatoms. The maximum atomic E-state index is 12.6. The molecule has 0 spiro atoms. The SMILES string of the molecule is Cc1cccnc1NC(=O)c1ncc(Nc2snc(O)c2C(=N)NC(O)CO)cc1C. The smallest absolute Gasteiger partial charge is 0.275 e. The zero-order valence-corrected chi connectivity index (χ0v) is 17.5. The summed E-state index contributed by atoms with van der Waals surface area (Å²) >= 11 is 0.902. The van der Waals surface area contributed by atoms with Gasteiger partial charge in [-0.2, -0.15) is 4.37 Å². The van der Waals surface area contributed by atoms with E-state index in [1.807, 2.05) is 13.0 Å². The molecule has 7 N–H and O–H groups in total. The predicted octanol–water partition coefficient (Wildman–Crippen LogP) is 1.48. The Kier molecular flexibility index (Phi) is 6.74. The van der Waals surface area contributed by atoms with Gasteiger partial charge in [0.2, 0.25) is 5.88 Å². The van der Waals surface area contributed by atoms with Crippen LogP contribution in [0.3, 0.4) is 0 Å². The molecule has 0 saturated heterocycles. The normalized spacial score (nSPS) is 11.6. The van der Waals surface area contributed by atoms with Gasteiger partial charge in [-0.15, -0.1) is 0 Å². The van der Waals surface area contributed by atoms with Crippen LogP contribution in [0.2, 0.25) is 0 Å². The van der Waals surface area contributed by atoms with Gasteiger partial charge in [0.05, 0.1) is 18.5 Å². The molecular formula is C19H21N7O4S. The minimum Gasteiger partial charge on any atom is -0.492 e. The van der Waals surface area contributed by atoms with E-state index in [0.29, 0.717) is 22.1 Å². The van der Waals surface area contributed by atoms with Crippen LogP contribution in [-0.2, 0) is 0 Å². The number of aryl methyl sites for hydroxylation is 2. The highest BCUT2D eigenvalue weighted by Crippen LogP contribution is 2.32. The van der Waals surface area contributed by atoms with Crippen LogP contribution in [0, 0.1) is 19.3 Å². The second-order valence-electron chi connectivity index (χ2n) is 6.57. The van der Waals surface area contributed by atoms with Crippen LogP contribution in [0.5, 0.6) is 5.88 Å². The molecule has 0 radical (unpaired) electrons. The van der Waals surface area contributed by atoms with Crippen molar-refractivity contribution in [3.05, 3.63) is 53.0 Å². The molecule has 3 heterocycles. The van der Waals surface area contributed by atoms with Gasteiger partial charge in [-0.3, -0.25) is 10.2 Å². The summed E-state index contributed by atoms with van der Waals surface area (Å²) in [6, 6.07) is 5.30. The Labute approximate surface area is 181 Å². The van der Waals surface area contributed by atoms with Crippen LogP contribution in [0.4, 0.5) is 16.5 Å². The minimum atomic E-state index is -1.36. The summed E-state index contributed by atoms with van der Waals surface area (Å²) in [7, 11) is 0. The van der Waals surface area contributed by atoms with Crippen molar-refractivity contribution in [1.29, 1.82) is 5.41 Å². The number of rotatable bonds is 7. The summed E-state index contributed by atoms with van der Waals surface area (Å²) in [5, 5.41) is 44.7. The Hall–Kier alpha value is -3.61. The van der Waals surface area contributed by atoms with Crippen LogP contribution in [0.15, 0.2) is 30.6 Å². The van der Waals surface area contributed by atoms with Gasteiger partial charge < -0.3 is 31.3 Å². The first-order valence-electron chi connectivity index (χ1n) is 9.09. The average molecular weight is 443 g/mol. The van der Waals surface area contributed by atoms with Crippen molar-refractivity contribution in [2.75, 3.05) is 17.2 Å². The van der Waals surface area contributed by atoms with E-state index in [1.54, 1.807) is 25.3 Å². The zero-order valence-electron chi connectivity index (χ0n) is 16.7. The molecule has 1 unspecified atom stereocenters. The third kappa shape index (κ3) is 5.12. The fourth-order valence-electron chi connectivity index (χ4n) is 2.67. The number of carbonyl (C=O) groups is 1. The molecule has 3 aromatic heterocycles. The molecule has 0 aromatic carbocycles. The number of nitrogens with one attached hydrogen (secondary N) is 4. The van der Waals surface area contributed by atoms with Crippen molar-refractivity contribution in [2.45, 2.75) is 20.1 Å². The monoisotopic (exact) mass is 443 g/mol. The first-order chi connectivity index (χ1) is 14.8. The summed E-state index contributed by atoms with van der Waals surface area (Å²) in [4.78, 5) is 20.9. The molecule has 0 fully saturated rings. The molecule has 3 rings (SSSR count). The minimum absolute atomic E-state index is 0.0302. The highest BCUT2D eigenvalue weighted by atomic mass is 32.1. The Bertz CT molecular complexity index is 1120. The molecule has 31 heavy (non-hydrogen) atoms. The molecule has 0 aliphatic carbocycles. The van der Waals surface area contributed by atoms with Gasteiger partial charge in [0.15, 0.2) is 0 Å². The molecule has 0 saturated carbocycles. The van der Waals surface area contributed by atoms with Crippen molar-refractivity contribution in [1.82, 2.24) is 19.7 Å². The summed E-state index contributed by atoms with van der Waals surface area (Å²) in [5.74, 6) is -0.661. The van der Waals surface area contributed by atoms with Crippen molar-refractivity contribution in [3.63, 3.8) is 0 Å². The summed E-state index contributed by atoms with van der Waals surface area (Å²) in [6.07, 6.45) is 1.67. The number of amides is 1. The van der Waals surface area contributed by atoms with E-state index >= 15 is 0 Å². The lowest BCUT2D eigenvalue weighted by Crippen LogP contribution is -2.37. The van der Waals surface area contributed by atoms with Gasteiger partial charge in [-0.05, 0) is 48.6 Å². The molecule has 3 aromatic rings. The molecule has 0 aliphatic rings. The van der Waals surface area contributed by atoms with Gasteiger partial charge >= 0.3 is 0 Å². The number of aromatic hydroxyl groups is 1. The third-order valence-electron chi connectivity index (χ3n) is 4.20. The Balaban J connectivity index is 1.78. The molecule has 0 aliphatic heterocycles. The fraction of sp³-hybridized carbons (Fsp3) is 0.211. The van der Waals surface area contributed by atoms with E-state index in [2.05, 4.69) is 30.3 Å². The van der Waals surface area contributed by atoms with E-state index in [9.17, 15) is 15.0 Å². The molecular weight excluding hydrogens is 422 g/mol. The topological polar surface area (TPSA) is 176 Å². The molecule has 1 amide bonds. The second-order valence-corrected chi connectivity index (χ2v) is 7.34. The highest BCUT2D eigenvalue weighted by Gasteiger charge is 2.20. The number of carbonyl (C=O) groups excluding carboxylic acids is 1. The standard InChI is InChI=1S/C19H21N7O4S/c1-9-4-3-5-21-16(9)25-18(30)14-10(2)6-11(7-22-14)23-19-13(17(29)26-31-19)15(20)24-12(28)8-27/h3-7,12,23,27-28H,8H2,1-2H3,(H2,20,24)(H,26,29)(H,21,25,30). The largest absolute Gasteiger partial charge is 0.492 e. The quantitative estimate of drug-likeness (QED) is 0.162. The van der Waals surface area contributed by atoms with E-state index in [-0.39, 0.29) is 17.1 Å². The zero-order chi connectivity index (χ0) is 22.5. The number of nitrogens with zero attached hydrogens (tertiary/aromatic N) is 3. The summed E-state index contributed by atoms with van der Waals surface area (Å²) in [6.45, 7) is 2.96. The number of hydrogen-bond acceptors (Lipinski definition) is 10. The Morgan fingerprint density at radius 1 is 1.29 bits per heavy atom. The van der Waals surface area contributed by atoms with Crippen LogP contribution in [0.1, 0.15) is 27.2 Å². The lowest BCUT2D eigenvalue weighted by atomic mass is 10.2. The summed E-state index contributed by atoms with van der Waals surface area (Å²) < 4.78 is 3.81. The molecule has 0 bridgehead atoms. The third-order valence-corrected chi connectivity index (χ3v) is 4.95.